The molecule has 4 amide bonds. The summed E-state index contributed by atoms with van der Waals surface area (Å²) in [6, 6.07) is -4.23. The van der Waals surface area contributed by atoms with Gasteiger partial charge in [0.1, 0.15) is 12.1 Å². The summed E-state index contributed by atoms with van der Waals surface area (Å²) < 4.78 is 0. The molecule has 0 aromatic rings. The Morgan fingerprint density at radius 1 is 0.926 bits per heavy atom. The molecular formula is C13H21N5O8S. The molecule has 13 nitrogen and oxygen atoms in total. The highest BCUT2D eigenvalue weighted by atomic mass is 32.1. The summed E-state index contributed by atoms with van der Waals surface area (Å²) in [6.07, 6.45) is -1.27. The zero-order chi connectivity index (χ0) is 21.1. The van der Waals surface area contributed by atoms with E-state index in [0.29, 0.717) is 0 Å². The topological polar surface area (TPSA) is 231 Å². The van der Waals surface area contributed by atoms with Crippen molar-refractivity contribution >= 4 is 48.2 Å². The number of thiol groups is 1. The summed E-state index contributed by atoms with van der Waals surface area (Å²) >= 11 is 3.76. The lowest BCUT2D eigenvalue weighted by molar-refractivity contribution is -0.141. The van der Waals surface area contributed by atoms with Gasteiger partial charge in [-0.15, -0.1) is 0 Å². The summed E-state index contributed by atoms with van der Waals surface area (Å²) in [5, 5.41) is 23.7. The van der Waals surface area contributed by atoms with Gasteiger partial charge in [-0.25, -0.2) is 4.79 Å². The number of carboxylic acids is 2. The Balaban J connectivity index is 4.79. The Bertz CT molecular complexity index is 614. The van der Waals surface area contributed by atoms with E-state index >= 15 is 0 Å². The summed E-state index contributed by atoms with van der Waals surface area (Å²) in [4.78, 5) is 67.8. The summed E-state index contributed by atoms with van der Waals surface area (Å²) in [5.41, 5.74) is 10.3. The maximum Gasteiger partial charge on any atom is 0.327 e. The Labute approximate surface area is 158 Å². The van der Waals surface area contributed by atoms with Crippen LogP contribution in [-0.2, 0) is 28.8 Å². The number of carboxylic acid groups (broad SMARTS) is 2. The Hall–Kier alpha value is -2.87. The molecule has 0 radical (unpaired) electrons. The van der Waals surface area contributed by atoms with E-state index < -0.39 is 73.1 Å². The van der Waals surface area contributed by atoms with Gasteiger partial charge in [-0.1, -0.05) is 0 Å². The fourth-order valence-corrected chi connectivity index (χ4v) is 1.94. The molecule has 0 saturated carbocycles. The van der Waals surface area contributed by atoms with Crippen molar-refractivity contribution in [2.75, 3.05) is 12.3 Å². The van der Waals surface area contributed by atoms with E-state index in [9.17, 15) is 28.8 Å². The summed E-state index contributed by atoms with van der Waals surface area (Å²) in [6.45, 7) is -0.663. The Morgan fingerprint density at radius 3 is 1.96 bits per heavy atom. The van der Waals surface area contributed by atoms with Gasteiger partial charge >= 0.3 is 11.9 Å². The van der Waals surface area contributed by atoms with E-state index in [2.05, 4.69) is 28.6 Å². The van der Waals surface area contributed by atoms with Crippen molar-refractivity contribution in [2.24, 2.45) is 11.5 Å². The van der Waals surface area contributed by atoms with Crippen LogP contribution in [0.5, 0.6) is 0 Å². The van der Waals surface area contributed by atoms with Crippen LogP contribution >= 0.6 is 12.6 Å². The fourth-order valence-electron chi connectivity index (χ4n) is 1.69. The molecule has 3 unspecified atom stereocenters. The third-order valence-corrected chi connectivity index (χ3v) is 3.37. The van der Waals surface area contributed by atoms with Crippen LogP contribution in [0.2, 0.25) is 0 Å². The lowest BCUT2D eigenvalue weighted by Gasteiger charge is -2.20. The molecule has 3 atom stereocenters. The number of carbonyl (C=O) groups is 6. The molecule has 0 aliphatic rings. The number of hydrogen-bond acceptors (Lipinski definition) is 8. The average molecular weight is 407 g/mol. The quantitative estimate of drug-likeness (QED) is 0.146. The molecule has 9 N–H and O–H groups in total. The molecule has 0 spiro atoms. The van der Waals surface area contributed by atoms with E-state index in [1.807, 2.05) is 0 Å². The number of primary amides is 1. The Morgan fingerprint density at radius 2 is 1.52 bits per heavy atom. The molecule has 0 aromatic carbocycles. The molecule has 0 aliphatic carbocycles. The summed E-state index contributed by atoms with van der Waals surface area (Å²) in [5.74, 6) is -6.68. The standard InChI is InChI=1S/C13H21N5O8S/c14-5(1-10(21)22)11(23)16-3-9(20)17-6(2-8(15)19)12(24)18-7(4-27)13(25)26/h5-7,27H,1-4,14H2,(H2,15,19)(H,16,23)(H,17,20)(H,18,24)(H,21,22)(H,25,26). The molecule has 152 valence electrons. The number of nitrogens with one attached hydrogen (secondary N) is 3. The fraction of sp³-hybridized carbons (Fsp3) is 0.538. The van der Waals surface area contributed by atoms with Gasteiger partial charge in [0.2, 0.25) is 23.6 Å². The second-order valence-electron chi connectivity index (χ2n) is 5.29. The minimum absolute atomic E-state index is 0.240. The van der Waals surface area contributed by atoms with Crippen molar-refractivity contribution in [3.63, 3.8) is 0 Å². The van der Waals surface area contributed by atoms with Crippen LogP contribution in [0.1, 0.15) is 12.8 Å². The molecule has 0 rings (SSSR count). The van der Waals surface area contributed by atoms with Gasteiger partial charge in [0.25, 0.3) is 0 Å². The highest BCUT2D eigenvalue weighted by Crippen LogP contribution is 1.96. The van der Waals surface area contributed by atoms with Crippen LogP contribution in [0.4, 0.5) is 0 Å². The molecule has 0 bridgehead atoms. The van der Waals surface area contributed by atoms with Gasteiger partial charge in [-0.05, 0) is 0 Å². The number of rotatable bonds is 12. The van der Waals surface area contributed by atoms with Crippen molar-refractivity contribution in [1.29, 1.82) is 0 Å². The number of aliphatic carboxylic acids is 2. The van der Waals surface area contributed by atoms with Crippen LogP contribution in [0.25, 0.3) is 0 Å². The van der Waals surface area contributed by atoms with E-state index in [0.717, 1.165) is 0 Å². The minimum atomic E-state index is -1.48. The number of amides is 4. The second kappa shape index (κ2) is 11.7. The van der Waals surface area contributed by atoms with Crippen LogP contribution in [0, 0.1) is 0 Å². The predicted octanol–water partition coefficient (Wildman–Crippen LogP) is -4.24. The lowest BCUT2D eigenvalue weighted by atomic mass is 10.1. The van der Waals surface area contributed by atoms with Crippen LogP contribution < -0.4 is 27.4 Å². The first-order valence-corrected chi connectivity index (χ1v) is 8.07. The van der Waals surface area contributed by atoms with Crippen LogP contribution in [0.3, 0.4) is 0 Å². The molecule has 0 heterocycles. The molecule has 14 heteroatoms. The average Bonchev–Trinajstić information content (AvgIpc) is 2.55. The van der Waals surface area contributed by atoms with Gasteiger partial charge in [0, 0.05) is 5.75 Å². The largest absolute Gasteiger partial charge is 0.481 e. The van der Waals surface area contributed by atoms with E-state index in [1.165, 1.54) is 0 Å². The van der Waals surface area contributed by atoms with Gasteiger partial charge < -0.3 is 37.6 Å². The zero-order valence-electron chi connectivity index (χ0n) is 14.0. The van der Waals surface area contributed by atoms with Gasteiger partial charge in [-0.3, -0.25) is 24.0 Å². The lowest BCUT2D eigenvalue weighted by Crippen LogP contribution is -2.55. The summed E-state index contributed by atoms with van der Waals surface area (Å²) in [7, 11) is 0. The molecule has 0 aliphatic heterocycles. The highest BCUT2D eigenvalue weighted by Gasteiger charge is 2.27. The van der Waals surface area contributed by atoms with Crippen molar-refractivity contribution < 1.29 is 39.0 Å². The third kappa shape index (κ3) is 10.0. The maximum absolute atomic E-state index is 12.1. The van der Waals surface area contributed by atoms with Gasteiger partial charge in [0.15, 0.2) is 0 Å². The molecule has 0 fully saturated rings. The molecular weight excluding hydrogens is 386 g/mol. The predicted molar refractivity (Wildman–Crippen MR) is 92.4 cm³/mol. The zero-order valence-corrected chi connectivity index (χ0v) is 14.9. The number of carbonyl (C=O) groups excluding carboxylic acids is 4. The first kappa shape index (κ1) is 24.1. The number of hydrogen-bond donors (Lipinski definition) is 8. The molecule has 0 saturated heterocycles. The smallest absolute Gasteiger partial charge is 0.327 e. The van der Waals surface area contributed by atoms with Crippen molar-refractivity contribution in [3.05, 3.63) is 0 Å². The van der Waals surface area contributed by atoms with E-state index in [-0.39, 0.29) is 5.75 Å². The number of nitrogens with two attached hydrogens (primary N) is 2. The molecule has 0 aromatic heterocycles. The maximum atomic E-state index is 12.1. The van der Waals surface area contributed by atoms with Crippen molar-refractivity contribution in [3.8, 4) is 0 Å². The van der Waals surface area contributed by atoms with Crippen molar-refractivity contribution in [1.82, 2.24) is 16.0 Å². The minimum Gasteiger partial charge on any atom is -0.481 e. The first-order chi connectivity index (χ1) is 12.5. The van der Waals surface area contributed by atoms with Crippen molar-refractivity contribution in [2.45, 2.75) is 31.0 Å². The first-order valence-electron chi connectivity index (χ1n) is 7.44. The van der Waals surface area contributed by atoms with E-state index in [1.54, 1.807) is 0 Å². The van der Waals surface area contributed by atoms with Crippen LogP contribution in [0.15, 0.2) is 0 Å². The highest BCUT2D eigenvalue weighted by molar-refractivity contribution is 7.80. The van der Waals surface area contributed by atoms with Gasteiger partial charge in [0.05, 0.1) is 25.4 Å². The van der Waals surface area contributed by atoms with Crippen LogP contribution in [-0.4, -0.2) is 76.2 Å². The van der Waals surface area contributed by atoms with Gasteiger partial charge in [-0.2, -0.15) is 12.6 Å². The third-order valence-electron chi connectivity index (χ3n) is 3.01. The normalized spacial score (nSPS) is 13.6. The Kier molecular flexibility index (Phi) is 10.4. The van der Waals surface area contributed by atoms with E-state index in [4.69, 9.17) is 21.7 Å². The molecule has 27 heavy (non-hydrogen) atoms. The second-order valence-corrected chi connectivity index (χ2v) is 5.66. The SMILES string of the molecule is NC(=O)CC(NC(=O)CNC(=O)C(N)CC(=O)O)C(=O)NC(CS)C(=O)O. The monoisotopic (exact) mass is 407 g/mol.